The second-order valence-electron chi connectivity index (χ2n) is 8.17. The molecule has 2 aromatic carbocycles. The molecule has 3 heterocycles. The zero-order chi connectivity index (χ0) is 22.1. The summed E-state index contributed by atoms with van der Waals surface area (Å²) < 4.78 is 0. The Hall–Kier alpha value is -3.78. The number of benzene rings is 2. The van der Waals surface area contributed by atoms with Crippen LogP contribution < -0.4 is 10.6 Å². The molecule has 0 bridgehead atoms. The molecule has 0 spiro atoms. The van der Waals surface area contributed by atoms with Crippen molar-refractivity contribution in [2.45, 2.75) is 25.8 Å². The summed E-state index contributed by atoms with van der Waals surface area (Å²) in [4.78, 5) is 35.2. The summed E-state index contributed by atoms with van der Waals surface area (Å²) in [6, 6.07) is 12.6. The molecule has 0 radical (unpaired) electrons. The molecular weight excluding hydrogens is 406 g/mol. The first-order valence-electron chi connectivity index (χ1n) is 10.7. The largest absolute Gasteiger partial charge is 0.478 e. The van der Waals surface area contributed by atoms with Crippen LogP contribution in [-0.2, 0) is 17.8 Å². The van der Waals surface area contributed by atoms with Gasteiger partial charge in [0.2, 0.25) is 11.9 Å². The first-order chi connectivity index (χ1) is 15.5. The lowest BCUT2D eigenvalue weighted by molar-refractivity contribution is -0.115. The van der Waals surface area contributed by atoms with Crippen molar-refractivity contribution >= 4 is 29.2 Å². The number of carbonyl (C=O) groups excluding carboxylic acids is 1. The summed E-state index contributed by atoms with van der Waals surface area (Å²) in [6.45, 7) is 3.08. The Morgan fingerprint density at radius 1 is 1.16 bits per heavy atom. The molecule has 1 saturated heterocycles. The van der Waals surface area contributed by atoms with Crippen molar-refractivity contribution in [1.82, 2.24) is 14.9 Å². The van der Waals surface area contributed by atoms with E-state index in [-0.39, 0.29) is 17.9 Å². The van der Waals surface area contributed by atoms with E-state index in [4.69, 9.17) is 4.98 Å². The van der Waals surface area contributed by atoms with Gasteiger partial charge in [-0.1, -0.05) is 12.1 Å². The van der Waals surface area contributed by atoms with Gasteiger partial charge in [0.1, 0.15) is 0 Å². The minimum Gasteiger partial charge on any atom is -0.478 e. The van der Waals surface area contributed by atoms with E-state index in [9.17, 15) is 14.7 Å². The molecule has 5 rings (SSSR count). The number of carboxylic acids is 1. The van der Waals surface area contributed by atoms with Crippen molar-refractivity contribution in [2.24, 2.45) is 0 Å². The van der Waals surface area contributed by atoms with Gasteiger partial charge in [0, 0.05) is 29.6 Å². The van der Waals surface area contributed by atoms with Gasteiger partial charge < -0.3 is 15.7 Å². The number of aromatic nitrogens is 2. The van der Waals surface area contributed by atoms with E-state index in [1.807, 2.05) is 6.07 Å². The maximum atomic E-state index is 12.4. The molecule has 0 aliphatic carbocycles. The summed E-state index contributed by atoms with van der Waals surface area (Å²) in [5.74, 6) is -0.757. The minimum absolute atomic E-state index is 0.101. The number of rotatable bonds is 5. The summed E-state index contributed by atoms with van der Waals surface area (Å²) in [6.07, 6.45) is 4.32. The fraction of sp³-hybridized carbons (Fsp3) is 0.250. The van der Waals surface area contributed by atoms with Gasteiger partial charge in [-0.3, -0.25) is 9.69 Å². The van der Waals surface area contributed by atoms with Crippen molar-refractivity contribution in [3.05, 3.63) is 65.4 Å². The number of hydrogen-bond acceptors (Lipinski definition) is 6. The van der Waals surface area contributed by atoms with Crippen LogP contribution in [0, 0.1) is 0 Å². The summed E-state index contributed by atoms with van der Waals surface area (Å²) in [7, 11) is 0. The third kappa shape index (κ3) is 4.17. The molecule has 1 fully saturated rings. The number of nitrogens with zero attached hydrogens (tertiary/aromatic N) is 3. The standard InChI is InChI=1S/C24H23N5O3/c30-21-12-17-13-25-24(26-18-5-3-4-16(11-18)23(31)32)28-22(17)19-10-15(6-7-20(19)27-21)14-29-8-1-2-9-29/h3-7,10-11,13H,1-2,8-9,12,14H2,(H,27,30)(H,31,32)(H,25,26,28). The average Bonchev–Trinajstić information content (AvgIpc) is 3.24. The molecule has 2 aliphatic rings. The maximum absolute atomic E-state index is 12.4. The van der Waals surface area contributed by atoms with Crippen LogP contribution in [-0.4, -0.2) is 44.9 Å². The lowest BCUT2D eigenvalue weighted by Crippen LogP contribution is -2.18. The summed E-state index contributed by atoms with van der Waals surface area (Å²) >= 11 is 0. The van der Waals surface area contributed by atoms with Crippen LogP contribution in [0.1, 0.15) is 34.3 Å². The van der Waals surface area contributed by atoms with Crippen LogP contribution in [0.25, 0.3) is 11.3 Å². The predicted molar refractivity (Wildman–Crippen MR) is 121 cm³/mol. The number of aromatic carboxylic acids is 1. The highest BCUT2D eigenvalue weighted by molar-refractivity contribution is 6.00. The zero-order valence-electron chi connectivity index (χ0n) is 17.5. The van der Waals surface area contributed by atoms with E-state index in [1.54, 1.807) is 18.3 Å². The van der Waals surface area contributed by atoms with E-state index in [0.29, 0.717) is 17.3 Å². The van der Waals surface area contributed by atoms with Crippen LogP contribution in [0.2, 0.25) is 0 Å². The van der Waals surface area contributed by atoms with Crippen molar-refractivity contribution in [2.75, 3.05) is 23.7 Å². The molecule has 1 amide bonds. The van der Waals surface area contributed by atoms with Gasteiger partial charge in [-0.2, -0.15) is 0 Å². The molecular formula is C24H23N5O3. The minimum atomic E-state index is -0.999. The highest BCUT2D eigenvalue weighted by atomic mass is 16.4. The Bertz CT molecular complexity index is 1200. The van der Waals surface area contributed by atoms with E-state index in [2.05, 4.69) is 32.7 Å². The molecule has 8 nitrogen and oxygen atoms in total. The number of carbonyl (C=O) groups is 2. The lowest BCUT2D eigenvalue weighted by atomic mass is 10.0. The Morgan fingerprint density at radius 2 is 2.00 bits per heavy atom. The fourth-order valence-corrected chi connectivity index (χ4v) is 4.25. The average molecular weight is 429 g/mol. The van der Waals surface area contributed by atoms with Gasteiger partial charge >= 0.3 is 5.97 Å². The summed E-state index contributed by atoms with van der Waals surface area (Å²) in [5, 5.41) is 15.3. The Morgan fingerprint density at radius 3 is 2.81 bits per heavy atom. The van der Waals surface area contributed by atoms with E-state index in [0.717, 1.165) is 36.4 Å². The van der Waals surface area contributed by atoms with Gasteiger partial charge in [-0.25, -0.2) is 14.8 Å². The van der Waals surface area contributed by atoms with Gasteiger partial charge in [0.15, 0.2) is 0 Å². The maximum Gasteiger partial charge on any atom is 0.335 e. The van der Waals surface area contributed by atoms with Crippen molar-refractivity contribution in [1.29, 1.82) is 0 Å². The third-order valence-electron chi connectivity index (χ3n) is 5.80. The number of nitrogens with one attached hydrogen (secondary N) is 2. The second kappa shape index (κ2) is 8.39. The summed E-state index contributed by atoms with van der Waals surface area (Å²) in [5.41, 5.74) is 4.99. The zero-order valence-corrected chi connectivity index (χ0v) is 17.5. The Balaban J connectivity index is 1.50. The molecule has 32 heavy (non-hydrogen) atoms. The molecule has 0 atom stereocenters. The number of anilines is 3. The fourth-order valence-electron chi connectivity index (χ4n) is 4.25. The van der Waals surface area contributed by atoms with Crippen LogP contribution >= 0.6 is 0 Å². The third-order valence-corrected chi connectivity index (χ3v) is 5.80. The smallest absolute Gasteiger partial charge is 0.335 e. The molecule has 0 saturated carbocycles. The second-order valence-corrected chi connectivity index (χ2v) is 8.17. The number of likely N-dealkylation sites (tertiary alicyclic amines) is 1. The normalized spacial score (nSPS) is 15.4. The molecule has 1 aromatic heterocycles. The topological polar surface area (TPSA) is 107 Å². The van der Waals surface area contributed by atoms with Gasteiger partial charge in [0.05, 0.1) is 23.4 Å². The van der Waals surface area contributed by atoms with Crippen LogP contribution in [0.5, 0.6) is 0 Å². The number of amides is 1. The highest BCUT2D eigenvalue weighted by Crippen LogP contribution is 2.34. The molecule has 2 aliphatic heterocycles. The molecule has 8 heteroatoms. The SMILES string of the molecule is O=C1Cc2cnc(Nc3cccc(C(=O)O)c3)nc2-c2cc(CN3CCCC3)ccc2N1. The first kappa shape index (κ1) is 20.1. The van der Waals surface area contributed by atoms with Gasteiger partial charge in [0.25, 0.3) is 0 Å². The van der Waals surface area contributed by atoms with Crippen molar-refractivity contribution < 1.29 is 14.7 Å². The Labute approximate surface area is 185 Å². The number of hydrogen-bond donors (Lipinski definition) is 3. The van der Waals surface area contributed by atoms with Gasteiger partial charge in [-0.15, -0.1) is 0 Å². The van der Waals surface area contributed by atoms with Crippen LogP contribution in [0.4, 0.5) is 17.3 Å². The molecule has 162 valence electrons. The number of fused-ring (bicyclic) bond motifs is 3. The van der Waals surface area contributed by atoms with E-state index < -0.39 is 5.97 Å². The quantitative estimate of drug-likeness (QED) is 0.568. The van der Waals surface area contributed by atoms with E-state index >= 15 is 0 Å². The Kier molecular flexibility index (Phi) is 5.28. The molecule has 0 unspecified atom stereocenters. The van der Waals surface area contributed by atoms with Gasteiger partial charge in [-0.05, 0) is 61.8 Å². The molecule has 3 N–H and O–H groups in total. The van der Waals surface area contributed by atoms with Crippen molar-refractivity contribution in [3.63, 3.8) is 0 Å². The van der Waals surface area contributed by atoms with Crippen molar-refractivity contribution in [3.8, 4) is 11.3 Å². The molecule has 3 aromatic rings. The monoisotopic (exact) mass is 429 g/mol. The van der Waals surface area contributed by atoms with Crippen LogP contribution in [0.15, 0.2) is 48.7 Å². The predicted octanol–water partition coefficient (Wildman–Crippen LogP) is 3.68. The highest BCUT2D eigenvalue weighted by Gasteiger charge is 2.22. The number of carboxylic acid groups (broad SMARTS) is 1. The lowest BCUT2D eigenvalue weighted by Gasteiger charge is -2.17. The van der Waals surface area contributed by atoms with E-state index in [1.165, 1.54) is 30.5 Å². The first-order valence-corrected chi connectivity index (χ1v) is 10.7. The van der Waals surface area contributed by atoms with Crippen LogP contribution in [0.3, 0.4) is 0 Å².